The molecule has 1 amide bonds. The van der Waals surface area contributed by atoms with Crippen LogP contribution in [0.15, 0.2) is 36.4 Å². The summed E-state index contributed by atoms with van der Waals surface area (Å²) in [4.78, 5) is 11.8. The van der Waals surface area contributed by atoms with Gasteiger partial charge in [0, 0.05) is 11.6 Å². The predicted octanol–water partition coefficient (Wildman–Crippen LogP) is 3.30. The standard InChI is InChI=1S/C15H12ClF2NO2/c16-10-4-2-1-3-9(10)7-8-19-15(21)13-11(17)5-6-12(20)14(13)18/h1-6,20H,7-8H2,(H,19,21). The highest BCUT2D eigenvalue weighted by Crippen LogP contribution is 2.21. The van der Waals surface area contributed by atoms with Crippen LogP contribution in [0.3, 0.4) is 0 Å². The highest BCUT2D eigenvalue weighted by atomic mass is 35.5. The van der Waals surface area contributed by atoms with Gasteiger partial charge in [-0.1, -0.05) is 29.8 Å². The first kappa shape index (κ1) is 15.3. The summed E-state index contributed by atoms with van der Waals surface area (Å²) < 4.78 is 27.0. The molecule has 0 aliphatic carbocycles. The molecule has 0 aliphatic heterocycles. The van der Waals surface area contributed by atoms with Crippen molar-refractivity contribution in [1.82, 2.24) is 5.32 Å². The van der Waals surface area contributed by atoms with Gasteiger partial charge in [0.15, 0.2) is 11.6 Å². The monoisotopic (exact) mass is 311 g/mol. The van der Waals surface area contributed by atoms with Crippen molar-refractivity contribution in [1.29, 1.82) is 0 Å². The maximum Gasteiger partial charge on any atom is 0.257 e. The number of aromatic hydroxyl groups is 1. The Morgan fingerprint density at radius 1 is 1.19 bits per heavy atom. The van der Waals surface area contributed by atoms with Gasteiger partial charge >= 0.3 is 0 Å². The summed E-state index contributed by atoms with van der Waals surface area (Å²) in [5, 5.41) is 12.1. The van der Waals surface area contributed by atoms with Crippen molar-refractivity contribution in [3.8, 4) is 5.75 Å². The van der Waals surface area contributed by atoms with Crippen LogP contribution in [-0.4, -0.2) is 17.6 Å². The van der Waals surface area contributed by atoms with Crippen molar-refractivity contribution < 1.29 is 18.7 Å². The van der Waals surface area contributed by atoms with E-state index in [-0.39, 0.29) is 6.54 Å². The van der Waals surface area contributed by atoms with Crippen LogP contribution in [0.4, 0.5) is 8.78 Å². The second-order valence-corrected chi connectivity index (χ2v) is 4.76. The van der Waals surface area contributed by atoms with Crippen molar-refractivity contribution in [3.63, 3.8) is 0 Å². The second kappa shape index (κ2) is 6.54. The third kappa shape index (κ3) is 3.49. The smallest absolute Gasteiger partial charge is 0.257 e. The molecule has 2 aromatic carbocycles. The van der Waals surface area contributed by atoms with Crippen LogP contribution in [0.1, 0.15) is 15.9 Å². The molecule has 110 valence electrons. The normalized spacial score (nSPS) is 10.4. The Labute approximate surface area is 125 Å². The number of hydrogen-bond donors (Lipinski definition) is 2. The number of amides is 1. The predicted molar refractivity (Wildman–Crippen MR) is 75.5 cm³/mol. The minimum Gasteiger partial charge on any atom is -0.505 e. The van der Waals surface area contributed by atoms with E-state index in [2.05, 4.69) is 5.32 Å². The van der Waals surface area contributed by atoms with E-state index in [4.69, 9.17) is 11.6 Å². The molecule has 0 saturated heterocycles. The molecule has 0 aliphatic rings. The molecular weight excluding hydrogens is 300 g/mol. The molecule has 0 spiro atoms. The van der Waals surface area contributed by atoms with Gasteiger partial charge in [-0.15, -0.1) is 0 Å². The Bertz CT molecular complexity index is 677. The zero-order valence-electron chi connectivity index (χ0n) is 10.9. The van der Waals surface area contributed by atoms with Crippen LogP contribution in [0.25, 0.3) is 0 Å². The van der Waals surface area contributed by atoms with Gasteiger partial charge in [0.1, 0.15) is 11.4 Å². The molecular formula is C15H12ClF2NO2. The largest absolute Gasteiger partial charge is 0.505 e. The Balaban J connectivity index is 2.03. The first-order chi connectivity index (χ1) is 10.0. The summed E-state index contributed by atoms with van der Waals surface area (Å²) in [5.41, 5.74) is 0.0190. The van der Waals surface area contributed by atoms with Crippen LogP contribution in [-0.2, 0) is 6.42 Å². The van der Waals surface area contributed by atoms with E-state index in [9.17, 15) is 18.7 Å². The summed E-state index contributed by atoms with van der Waals surface area (Å²) in [7, 11) is 0. The number of benzene rings is 2. The molecule has 2 rings (SSSR count). The van der Waals surface area contributed by atoms with E-state index in [0.29, 0.717) is 11.4 Å². The number of hydrogen-bond acceptors (Lipinski definition) is 2. The van der Waals surface area contributed by atoms with E-state index in [1.54, 1.807) is 24.3 Å². The highest BCUT2D eigenvalue weighted by molar-refractivity contribution is 6.31. The Hall–Kier alpha value is -2.14. The molecule has 21 heavy (non-hydrogen) atoms. The molecule has 0 bridgehead atoms. The number of phenolic OH excluding ortho intramolecular Hbond substituents is 1. The van der Waals surface area contributed by atoms with Crippen molar-refractivity contribution in [2.75, 3.05) is 6.54 Å². The summed E-state index contributed by atoms with van der Waals surface area (Å²) in [5.74, 6) is -3.99. The lowest BCUT2D eigenvalue weighted by Gasteiger charge is -2.08. The van der Waals surface area contributed by atoms with Crippen LogP contribution < -0.4 is 5.32 Å². The van der Waals surface area contributed by atoms with Crippen molar-refractivity contribution in [2.45, 2.75) is 6.42 Å². The minimum atomic E-state index is -1.27. The van der Waals surface area contributed by atoms with Crippen LogP contribution in [0.5, 0.6) is 5.75 Å². The van der Waals surface area contributed by atoms with Gasteiger partial charge in [-0.3, -0.25) is 4.79 Å². The SMILES string of the molecule is O=C(NCCc1ccccc1Cl)c1c(F)ccc(O)c1F. The molecule has 0 fully saturated rings. The van der Waals surface area contributed by atoms with Crippen molar-refractivity contribution in [3.05, 3.63) is 64.2 Å². The Kier molecular flexibility index (Phi) is 4.75. The second-order valence-electron chi connectivity index (χ2n) is 4.35. The lowest BCUT2D eigenvalue weighted by Crippen LogP contribution is -2.27. The third-order valence-electron chi connectivity index (χ3n) is 2.94. The van der Waals surface area contributed by atoms with E-state index in [1.807, 2.05) is 0 Å². The number of nitrogens with one attached hydrogen (secondary N) is 1. The van der Waals surface area contributed by atoms with Gasteiger partial charge in [-0.2, -0.15) is 0 Å². The lowest BCUT2D eigenvalue weighted by molar-refractivity contribution is 0.0944. The average Bonchev–Trinajstić information content (AvgIpc) is 2.45. The fourth-order valence-electron chi connectivity index (χ4n) is 1.85. The summed E-state index contributed by atoms with van der Waals surface area (Å²) in [6.07, 6.45) is 0.424. The van der Waals surface area contributed by atoms with E-state index in [1.165, 1.54) is 0 Å². The number of rotatable bonds is 4. The van der Waals surface area contributed by atoms with Gasteiger partial charge in [0.05, 0.1) is 0 Å². The maximum atomic E-state index is 13.6. The van der Waals surface area contributed by atoms with E-state index < -0.39 is 28.9 Å². The van der Waals surface area contributed by atoms with Gasteiger partial charge in [-0.25, -0.2) is 8.78 Å². The summed E-state index contributed by atoms with van der Waals surface area (Å²) in [6, 6.07) is 8.78. The number of carbonyl (C=O) groups is 1. The van der Waals surface area contributed by atoms with E-state index in [0.717, 1.165) is 17.7 Å². The Morgan fingerprint density at radius 2 is 1.90 bits per heavy atom. The molecule has 0 unspecified atom stereocenters. The zero-order chi connectivity index (χ0) is 15.4. The summed E-state index contributed by atoms with van der Waals surface area (Å²) >= 11 is 5.96. The fourth-order valence-corrected chi connectivity index (χ4v) is 2.08. The van der Waals surface area contributed by atoms with Crippen molar-refractivity contribution in [2.24, 2.45) is 0 Å². The number of phenols is 1. The average molecular weight is 312 g/mol. The number of halogens is 3. The van der Waals surface area contributed by atoms with Gasteiger partial charge < -0.3 is 10.4 Å². The fraction of sp³-hybridized carbons (Fsp3) is 0.133. The third-order valence-corrected chi connectivity index (χ3v) is 3.30. The summed E-state index contributed by atoms with van der Waals surface area (Å²) in [6.45, 7) is 0.164. The van der Waals surface area contributed by atoms with Gasteiger partial charge in [-0.05, 0) is 30.2 Å². The molecule has 0 aromatic heterocycles. The molecule has 0 atom stereocenters. The molecule has 0 radical (unpaired) electrons. The van der Waals surface area contributed by atoms with Crippen LogP contribution >= 0.6 is 11.6 Å². The van der Waals surface area contributed by atoms with Gasteiger partial charge in [0.2, 0.25) is 0 Å². The molecule has 2 aromatic rings. The topological polar surface area (TPSA) is 49.3 Å². The van der Waals surface area contributed by atoms with Crippen LogP contribution in [0.2, 0.25) is 5.02 Å². The molecule has 0 heterocycles. The maximum absolute atomic E-state index is 13.6. The van der Waals surface area contributed by atoms with Crippen molar-refractivity contribution >= 4 is 17.5 Å². The van der Waals surface area contributed by atoms with Gasteiger partial charge in [0.25, 0.3) is 5.91 Å². The molecule has 6 heteroatoms. The zero-order valence-corrected chi connectivity index (χ0v) is 11.6. The molecule has 2 N–H and O–H groups in total. The quantitative estimate of drug-likeness (QED) is 0.910. The first-order valence-corrected chi connectivity index (χ1v) is 6.57. The Morgan fingerprint density at radius 3 is 2.62 bits per heavy atom. The van der Waals surface area contributed by atoms with Crippen LogP contribution in [0, 0.1) is 11.6 Å². The van der Waals surface area contributed by atoms with E-state index >= 15 is 0 Å². The number of carbonyl (C=O) groups excluding carboxylic acids is 1. The highest BCUT2D eigenvalue weighted by Gasteiger charge is 2.20. The first-order valence-electron chi connectivity index (χ1n) is 6.19. The lowest BCUT2D eigenvalue weighted by atomic mass is 10.1. The molecule has 3 nitrogen and oxygen atoms in total. The molecule has 0 saturated carbocycles. The minimum absolute atomic E-state index is 0.164.